The van der Waals surface area contributed by atoms with Crippen molar-refractivity contribution in [1.29, 1.82) is 0 Å². The molecular formula is C14H22FNO3. The van der Waals surface area contributed by atoms with Crippen molar-refractivity contribution in [3.63, 3.8) is 0 Å². The fraction of sp³-hybridized carbons (Fsp3) is 0.571. The summed E-state index contributed by atoms with van der Waals surface area (Å²) in [5, 5.41) is 9.77. The molecule has 1 atom stereocenters. The molecule has 0 saturated heterocycles. The number of benzene rings is 1. The molecule has 0 radical (unpaired) electrons. The average molecular weight is 271 g/mol. The Balaban J connectivity index is 2.24. The molecule has 5 heteroatoms. The molecule has 1 rings (SSSR count). The van der Waals surface area contributed by atoms with Crippen LogP contribution < -0.4 is 0 Å². The highest BCUT2D eigenvalue weighted by Crippen LogP contribution is 2.06. The molecule has 0 bridgehead atoms. The molecule has 0 aliphatic heterocycles. The normalized spacial score (nSPS) is 12.9. The summed E-state index contributed by atoms with van der Waals surface area (Å²) < 4.78 is 23.1. The Labute approximate surface area is 113 Å². The van der Waals surface area contributed by atoms with Crippen molar-refractivity contribution in [2.45, 2.75) is 12.6 Å². The molecule has 19 heavy (non-hydrogen) atoms. The lowest BCUT2D eigenvalue weighted by Crippen LogP contribution is -2.32. The Bertz CT molecular complexity index is 362. The molecule has 1 aromatic rings. The van der Waals surface area contributed by atoms with Gasteiger partial charge in [-0.15, -0.1) is 0 Å². The van der Waals surface area contributed by atoms with Crippen molar-refractivity contribution in [1.82, 2.24) is 4.90 Å². The van der Waals surface area contributed by atoms with E-state index in [-0.39, 0.29) is 12.4 Å². The van der Waals surface area contributed by atoms with Gasteiger partial charge < -0.3 is 14.6 Å². The van der Waals surface area contributed by atoms with E-state index in [4.69, 9.17) is 9.47 Å². The maximum absolute atomic E-state index is 13.0. The van der Waals surface area contributed by atoms with E-state index < -0.39 is 6.10 Å². The number of ether oxygens (including phenoxy) is 2. The van der Waals surface area contributed by atoms with Crippen molar-refractivity contribution in [3.05, 3.63) is 35.6 Å². The van der Waals surface area contributed by atoms with Gasteiger partial charge in [0.2, 0.25) is 0 Å². The van der Waals surface area contributed by atoms with Gasteiger partial charge in [-0.3, -0.25) is 4.90 Å². The van der Waals surface area contributed by atoms with E-state index >= 15 is 0 Å². The number of aliphatic hydroxyl groups is 1. The van der Waals surface area contributed by atoms with E-state index in [1.165, 1.54) is 12.1 Å². The summed E-state index contributed by atoms with van der Waals surface area (Å²) in [6.07, 6.45) is -0.560. The summed E-state index contributed by atoms with van der Waals surface area (Å²) in [6.45, 7) is 2.33. The molecular weight excluding hydrogens is 249 g/mol. The van der Waals surface area contributed by atoms with Gasteiger partial charge in [-0.2, -0.15) is 0 Å². The number of rotatable bonds is 9. The van der Waals surface area contributed by atoms with Gasteiger partial charge in [-0.25, -0.2) is 4.39 Å². The zero-order valence-corrected chi connectivity index (χ0v) is 11.5. The lowest BCUT2D eigenvalue weighted by atomic mass is 10.2. The average Bonchev–Trinajstić information content (AvgIpc) is 2.34. The number of nitrogens with zero attached hydrogens (tertiary/aromatic N) is 1. The molecule has 0 heterocycles. The van der Waals surface area contributed by atoms with Crippen LogP contribution in [0.4, 0.5) is 4.39 Å². The highest BCUT2D eigenvalue weighted by atomic mass is 19.1. The predicted octanol–water partition coefficient (Wildman–Crippen LogP) is 1.28. The number of methoxy groups -OCH3 is 1. The van der Waals surface area contributed by atoms with Crippen molar-refractivity contribution in [3.8, 4) is 0 Å². The van der Waals surface area contributed by atoms with Gasteiger partial charge in [0.25, 0.3) is 0 Å². The van der Waals surface area contributed by atoms with Crippen LogP contribution in [0.2, 0.25) is 0 Å². The molecule has 0 saturated carbocycles. The maximum Gasteiger partial charge on any atom is 0.123 e. The molecule has 0 aromatic heterocycles. The Kier molecular flexibility index (Phi) is 7.59. The van der Waals surface area contributed by atoms with Crippen molar-refractivity contribution in [2.75, 3.05) is 40.5 Å². The molecule has 0 aliphatic rings. The van der Waals surface area contributed by atoms with Crippen LogP contribution in [-0.2, 0) is 16.0 Å². The molecule has 0 aliphatic carbocycles. The Hall–Kier alpha value is -1.01. The third-order valence-corrected chi connectivity index (χ3v) is 2.61. The topological polar surface area (TPSA) is 41.9 Å². The number of hydrogen-bond donors (Lipinski definition) is 1. The van der Waals surface area contributed by atoms with E-state index in [0.717, 1.165) is 5.56 Å². The minimum Gasteiger partial charge on any atom is -0.389 e. The first-order valence-electron chi connectivity index (χ1n) is 6.29. The lowest BCUT2D eigenvalue weighted by Gasteiger charge is -2.20. The minimum absolute atomic E-state index is 0.241. The van der Waals surface area contributed by atoms with E-state index in [1.54, 1.807) is 13.2 Å². The summed E-state index contributed by atoms with van der Waals surface area (Å²) in [4.78, 5) is 1.93. The standard InChI is InChI=1S/C14H22FNO3/c1-16(9-12-4-3-5-13(15)8-12)10-14(17)11-19-7-6-18-2/h3-5,8,14,17H,6-7,9-11H2,1-2H3. The number of aliphatic hydroxyl groups excluding tert-OH is 1. The summed E-state index contributed by atoms with van der Waals surface area (Å²) in [5.74, 6) is -0.241. The second kappa shape index (κ2) is 8.98. The van der Waals surface area contributed by atoms with E-state index in [2.05, 4.69) is 0 Å². The molecule has 4 nitrogen and oxygen atoms in total. The lowest BCUT2D eigenvalue weighted by molar-refractivity contribution is 0.00160. The van der Waals surface area contributed by atoms with Gasteiger partial charge in [0, 0.05) is 20.2 Å². The highest BCUT2D eigenvalue weighted by Gasteiger charge is 2.09. The second-order valence-electron chi connectivity index (χ2n) is 4.55. The van der Waals surface area contributed by atoms with Crippen molar-refractivity contribution in [2.24, 2.45) is 0 Å². The summed E-state index contributed by atoms with van der Waals surface area (Å²) >= 11 is 0. The fourth-order valence-electron chi connectivity index (χ4n) is 1.79. The monoisotopic (exact) mass is 271 g/mol. The van der Waals surface area contributed by atoms with Gasteiger partial charge in [-0.1, -0.05) is 12.1 Å². The van der Waals surface area contributed by atoms with Crippen molar-refractivity contribution >= 4 is 0 Å². The summed E-state index contributed by atoms with van der Waals surface area (Å²) in [7, 11) is 3.48. The number of halogens is 1. The van der Waals surface area contributed by atoms with Crippen LogP contribution in [-0.4, -0.2) is 56.6 Å². The van der Waals surface area contributed by atoms with Crippen LogP contribution in [0.3, 0.4) is 0 Å². The number of likely N-dealkylation sites (N-methyl/N-ethyl adjacent to an activating group) is 1. The highest BCUT2D eigenvalue weighted by molar-refractivity contribution is 5.15. The molecule has 108 valence electrons. The molecule has 0 amide bonds. The maximum atomic E-state index is 13.0. The van der Waals surface area contributed by atoms with Gasteiger partial charge in [0.05, 0.1) is 25.9 Å². The smallest absolute Gasteiger partial charge is 0.123 e. The first-order chi connectivity index (χ1) is 9.11. The van der Waals surface area contributed by atoms with Gasteiger partial charge in [0.1, 0.15) is 5.82 Å². The minimum atomic E-state index is -0.560. The Morgan fingerprint density at radius 2 is 2.16 bits per heavy atom. The molecule has 1 N–H and O–H groups in total. The summed E-state index contributed by atoms with van der Waals surface area (Å²) in [5.41, 5.74) is 0.884. The largest absolute Gasteiger partial charge is 0.389 e. The first kappa shape index (κ1) is 16.0. The van der Waals surface area contributed by atoms with E-state index in [9.17, 15) is 9.50 Å². The third kappa shape index (κ3) is 7.22. The zero-order chi connectivity index (χ0) is 14.1. The van der Waals surface area contributed by atoms with Gasteiger partial charge in [0.15, 0.2) is 0 Å². The SMILES string of the molecule is COCCOCC(O)CN(C)Cc1cccc(F)c1. The summed E-state index contributed by atoms with van der Waals surface area (Å²) in [6, 6.07) is 6.46. The van der Waals surface area contributed by atoms with E-state index in [1.807, 2.05) is 18.0 Å². The third-order valence-electron chi connectivity index (χ3n) is 2.61. The Morgan fingerprint density at radius 1 is 1.37 bits per heavy atom. The number of hydrogen-bond acceptors (Lipinski definition) is 4. The van der Waals surface area contributed by atoms with Crippen LogP contribution >= 0.6 is 0 Å². The van der Waals surface area contributed by atoms with Gasteiger partial charge >= 0.3 is 0 Å². The van der Waals surface area contributed by atoms with Crippen LogP contribution in [0.5, 0.6) is 0 Å². The van der Waals surface area contributed by atoms with Crippen LogP contribution in [0, 0.1) is 5.82 Å². The quantitative estimate of drug-likeness (QED) is 0.687. The van der Waals surface area contributed by atoms with Crippen LogP contribution in [0.15, 0.2) is 24.3 Å². The molecule has 0 fully saturated rings. The van der Waals surface area contributed by atoms with Crippen molar-refractivity contribution < 1.29 is 19.0 Å². The fourth-order valence-corrected chi connectivity index (χ4v) is 1.79. The van der Waals surface area contributed by atoms with E-state index in [0.29, 0.717) is 26.3 Å². The molecule has 1 aromatic carbocycles. The predicted molar refractivity (Wildman–Crippen MR) is 71.4 cm³/mol. The Morgan fingerprint density at radius 3 is 2.84 bits per heavy atom. The molecule has 1 unspecified atom stereocenters. The van der Waals surface area contributed by atoms with Gasteiger partial charge in [-0.05, 0) is 24.7 Å². The molecule has 0 spiro atoms. The second-order valence-corrected chi connectivity index (χ2v) is 4.55. The zero-order valence-electron chi connectivity index (χ0n) is 11.5. The van der Waals surface area contributed by atoms with Crippen LogP contribution in [0.1, 0.15) is 5.56 Å². The van der Waals surface area contributed by atoms with Crippen LogP contribution in [0.25, 0.3) is 0 Å². The first-order valence-corrected chi connectivity index (χ1v) is 6.29.